The molecule has 102 valence electrons. The maximum atomic E-state index is 5.74. The smallest absolute Gasteiger partial charge is 0.0738 e. The van der Waals surface area contributed by atoms with Crippen LogP contribution in [0.2, 0.25) is 0 Å². The van der Waals surface area contributed by atoms with Crippen molar-refractivity contribution in [2.24, 2.45) is 17.7 Å². The molecular weight excluding hydrogens is 292 g/mol. The summed E-state index contributed by atoms with van der Waals surface area (Å²) >= 11 is 3.65. The van der Waals surface area contributed by atoms with E-state index in [4.69, 9.17) is 5.84 Å². The Hall–Kier alpha value is -0.390. The second-order valence-corrected chi connectivity index (χ2v) is 6.13. The first-order valence-corrected chi connectivity index (χ1v) is 7.55. The van der Waals surface area contributed by atoms with E-state index in [9.17, 15) is 0 Å². The van der Waals surface area contributed by atoms with Crippen LogP contribution in [0.3, 0.4) is 0 Å². The average Bonchev–Trinajstić information content (AvgIpc) is 3.17. The average molecular weight is 315 g/mol. The quantitative estimate of drug-likeness (QED) is 0.626. The van der Waals surface area contributed by atoms with Gasteiger partial charge in [-0.25, -0.2) is 0 Å². The molecule has 0 amide bonds. The highest BCUT2D eigenvalue weighted by Gasteiger charge is 2.33. The van der Waals surface area contributed by atoms with Crippen molar-refractivity contribution in [2.45, 2.75) is 52.6 Å². The predicted molar refractivity (Wildman–Crippen MR) is 77.0 cm³/mol. The van der Waals surface area contributed by atoms with Crippen LogP contribution >= 0.6 is 15.9 Å². The molecule has 5 heteroatoms. The van der Waals surface area contributed by atoms with Crippen LogP contribution < -0.4 is 11.3 Å². The number of halogens is 1. The number of aromatic nitrogens is 2. The Bertz CT molecular complexity index is 411. The van der Waals surface area contributed by atoms with Gasteiger partial charge in [-0.05, 0) is 54.5 Å². The standard InChI is InChI=1S/C13H23BrN4/c1-4-18-12(13(14)9(3)17-18)7-11(16-15)8(2)10-5-6-10/h8,10-11,16H,4-7,15H2,1-3H3. The first kappa shape index (κ1) is 14.0. The largest absolute Gasteiger partial charge is 0.271 e. The molecule has 3 N–H and O–H groups in total. The minimum atomic E-state index is 0.329. The van der Waals surface area contributed by atoms with Crippen molar-refractivity contribution in [1.29, 1.82) is 0 Å². The van der Waals surface area contributed by atoms with Crippen LogP contribution in [0, 0.1) is 18.8 Å². The molecule has 1 heterocycles. The van der Waals surface area contributed by atoms with Gasteiger partial charge in [0.15, 0.2) is 0 Å². The van der Waals surface area contributed by atoms with Crippen molar-refractivity contribution in [3.8, 4) is 0 Å². The number of hydrogen-bond donors (Lipinski definition) is 2. The molecule has 2 atom stereocenters. The van der Waals surface area contributed by atoms with Gasteiger partial charge < -0.3 is 0 Å². The lowest BCUT2D eigenvalue weighted by atomic mass is 9.93. The number of hydrazine groups is 1. The number of nitrogens with one attached hydrogen (secondary N) is 1. The van der Waals surface area contributed by atoms with Gasteiger partial charge in [-0.3, -0.25) is 16.0 Å². The lowest BCUT2D eigenvalue weighted by Gasteiger charge is -2.23. The fraction of sp³-hybridized carbons (Fsp3) is 0.769. The summed E-state index contributed by atoms with van der Waals surface area (Å²) in [4.78, 5) is 0. The van der Waals surface area contributed by atoms with E-state index in [-0.39, 0.29) is 0 Å². The van der Waals surface area contributed by atoms with Gasteiger partial charge in [0.25, 0.3) is 0 Å². The molecule has 0 saturated heterocycles. The summed E-state index contributed by atoms with van der Waals surface area (Å²) < 4.78 is 3.20. The third-order valence-electron chi connectivity index (χ3n) is 4.08. The molecule has 1 aliphatic rings. The fourth-order valence-electron chi connectivity index (χ4n) is 2.62. The van der Waals surface area contributed by atoms with E-state index in [1.54, 1.807) is 0 Å². The number of nitrogens with zero attached hydrogens (tertiary/aromatic N) is 2. The van der Waals surface area contributed by atoms with Gasteiger partial charge in [-0.15, -0.1) is 0 Å². The molecule has 0 bridgehead atoms. The number of nitrogens with two attached hydrogens (primary N) is 1. The molecule has 1 saturated carbocycles. The highest BCUT2D eigenvalue weighted by atomic mass is 79.9. The Morgan fingerprint density at radius 3 is 2.72 bits per heavy atom. The van der Waals surface area contributed by atoms with Crippen molar-refractivity contribution in [1.82, 2.24) is 15.2 Å². The highest BCUT2D eigenvalue weighted by Crippen LogP contribution is 2.39. The number of hydrogen-bond acceptors (Lipinski definition) is 3. The Kier molecular flexibility index (Phi) is 4.45. The lowest BCUT2D eigenvalue weighted by Crippen LogP contribution is -2.42. The van der Waals surface area contributed by atoms with Crippen LogP contribution in [0.5, 0.6) is 0 Å². The summed E-state index contributed by atoms with van der Waals surface area (Å²) in [5.74, 6) is 7.22. The van der Waals surface area contributed by atoms with Crippen molar-refractivity contribution >= 4 is 15.9 Å². The third-order valence-corrected chi connectivity index (χ3v) is 5.11. The van der Waals surface area contributed by atoms with Gasteiger partial charge >= 0.3 is 0 Å². The zero-order valence-corrected chi connectivity index (χ0v) is 13.0. The summed E-state index contributed by atoms with van der Waals surface area (Å²) in [6.45, 7) is 7.36. The van der Waals surface area contributed by atoms with E-state index in [1.165, 1.54) is 18.5 Å². The summed E-state index contributed by atoms with van der Waals surface area (Å²) in [7, 11) is 0. The van der Waals surface area contributed by atoms with E-state index >= 15 is 0 Å². The van der Waals surface area contributed by atoms with E-state index in [0.717, 1.165) is 29.1 Å². The summed E-state index contributed by atoms with van der Waals surface area (Å²) in [6, 6.07) is 0.329. The van der Waals surface area contributed by atoms with E-state index < -0.39 is 0 Å². The van der Waals surface area contributed by atoms with Crippen LogP contribution in [0.1, 0.15) is 38.1 Å². The minimum absolute atomic E-state index is 0.329. The normalized spacial score (nSPS) is 18.9. The molecule has 0 spiro atoms. The van der Waals surface area contributed by atoms with Crippen LogP contribution in [-0.4, -0.2) is 15.8 Å². The molecular formula is C13H23BrN4. The molecule has 2 unspecified atom stereocenters. The first-order valence-electron chi connectivity index (χ1n) is 6.76. The Labute approximate surface area is 117 Å². The summed E-state index contributed by atoms with van der Waals surface area (Å²) in [5, 5.41) is 4.54. The van der Waals surface area contributed by atoms with Crippen LogP contribution in [0.4, 0.5) is 0 Å². The van der Waals surface area contributed by atoms with Gasteiger partial charge in [0.05, 0.1) is 15.9 Å². The van der Waals surface area contributed by atoms with Crippen molar-refractivity contribution in [3.63, 3.8) is 0 Å². The summed E-state index contributed by atoms with van der Waals surface area (Å²) in [5.41, 5.74) is 5.31. The Morgan fingerprint density at radius 1 is 1.56 bits per heavy atom. The van der Waals surface area contributed by atoms with Gasteiger partial charge in [0.2, 0.25) is 0 Å². The highest BCUT2D eigenvalue weighted by molar-refractivity contribution is 9.10. The van der Waals surface area contributed by atoms with Gasteiger partial charge in [-0.1, -0.05) is 6.92 Å². The fourth-order valence-corrected chi connectivity index (χ4v) is 3.07. The maximum Gasteiger partial charge on any atom is 0.0738 e. The monoisotopic (exact) mass is 314 g/mol. The predicted octanol–water partition coefficient (Wildman–Crippen LogP) is 2.39. The number of aryl methyl sites for hydroxylation is 2. The molecule has 1 fully saturated rings. The SMILES string of the molecule is CCn1nc(C)c(Br)c1CC(NN)C(C)C1CC1. The molecule has 0 aliphatic heterocycles. The van der Waals surface area contributed by atoms with Gasteiger partial charge in [-0.2, -0.15) is 5.10 Å². The molecule has 4 nitrogen and oxygen atoms in total. The molecule has 1 aliphatic carbocycles. The molecule has 1 aromatic heterocycles. The second kappa shape index (κ2) is 5.72. The van der Waals surface area contributed by atoms with Crippen molar-refractivity contribution in [2.75, 3.05) is 0 Å². The third kappa shape index (κ3) is 2.78. The lowest BCUT2D eigenvalue weighted by molar-refractivity contribution is 0.337. The topological polar surface area (TPSA) is 55.9 Å². The van der Waals surface area contributed by atoms with E-state index in [0.29, 0.717) is 12.0 Å². The Balaban J connectivity index is 2.15. The zero-order valence-electron chi connectivity index (χ0n) is 11.4. The van der Waals surface area contributed by atoms with Crippen molar-refractivity contribution in [3.05, 3.63) is 15.9 Å². The first-order chi connectivity index (χ1) is 8.58. The van der Waals surface area contributed by atoms with Crippen LogP contribution in [-0.2, 0) is 13.0 Å². The molecule has 2 rings (SSSR count). The Morgan fingerprint density at radius 2 is 2.22 bits per heavy atom. The zero-order chi connectivity index (χ0) is 13.3. The van der Waals surface area contributed by atoms with E-state index in [2.05, 4.69) is 45.0 Å². The molecule has 1 aromatic rings. The minimum Gasteiger partial charge on any atom is -0.271 e. The van der Waals surface area contributed by atoms with Gasteiger partial charge in [0, 0.05) is 19.0 Å². The van der Waals surface area contributed by atoms with Crippen LogP contribution in [0.25, 0.3) is 0 Å². The maximum absolute atomic E-state index is 5.74. The van der Waals surface area contributed by atoms with Gasteiger partial charge in [0.1, 0.15) is 0 Å². The van der Waals surface area contributed by atoms with E-state index in [1.807, 2.05) is 6.92 Å². The van der Waals surface area contributed by atoms with Crippen molar-refractivity contribution < 1.29 is 0 Å². The molecule has 0 radical (unpaired) electrons. The molecule has 18 heavy (non-hydrogen) atoms. The summed E-state index contributed by atoms with van der Waals surface area (Å²) in [6.07, 6.45) is 3.64. The second-order valence-electron chi connectivity index (χ2n) is 5.34. The molecule has 0 aromatic carbocycles. The van der Waals surface area contributed by atoms with Crippen LogP contribution in [0.15, 0.2) is 4.47 Å². The number of rotatable bonds is 6.